The fourth-order valence-corrected chi connectivity index (χ4v) is 5.39. The molecule has 3 rings (SSSR count). The predicted octanol–water partition coefficient (Wildman–Crippen LogP) is 3.42. The van der Waals surface area contributed by atoms with E-state index in [0.29, 0.717) is 29.5 Å². The van der Waals surface area contributed by atoms with E-state index in [2.05, 4.69) is 5.32 Å². The topological polar surface area (TPSA) is 58.6 Å². The van der Waals surface area contributed by atoms with E-state index in [9.17, 15) is 9.59 Å². The molecule has 2 unspecified atom stereocenters. The van der Waals surface area contributed by atoms with Crippen LogP contribution < -0.4 is 5.32 Å². The summed E-state index contributed by atoms with van der Waals surface area (Å²) < 4.78 is 4.98. The number of amides is 2. The van der Waals surface area contributed by atoms with Crippen molar-refractivity contribution in [3.05, 3.63) is 57.2 Å². The molecular weight excluding hydrogens is 392 g/mol. The number of carbonyl (C=O) groups is 2. The lowest BCUT2D eigenvalue weighted by molar-refractivity contribution is -0.125. The monoisotopic (exact) mass is 410 g/mol. The molecule has 0 radical (unpaired) electrons. The van der Waals surface area contributed by atoms with E-state index in [1.54, 1.807) is 59.4 Å². The fourth-order valence-electron chi connectivity index (χ4n) is 2.78. The second-order valence-electron chi connectivity index (χ2n) is 5.69. The lowest BCUT2D eigenvalue weighted by atomic mass is 10.1. The number of nitrogens with one attached hydrogen (secondary N) is 1. The Bertz CT molecular complexity index is 770. The van der Waals surface area contributed by atoms with Crippen LogP contribution in [0, 0.1) is 0 Å². The highest BCUT2D eigenvalue weighted by Crippen LogP contribution is 2.44. The van der Waals surface area contributed by atoms with Gasteiger partial charge in [-0.05, 0) is 23.6 Å². The summed E-state index contributed by atoms with van der Waals surface area (Å²) >= 11 is 9.40. The Hall–Kier alpha value is -1.54. The molecule has 138 valence electrons. The van der Waals surface area contributed by atoms with Crippen molar-refractivity contribution < 1.29 is 14.3 Å². The summed E-state index contributed by atoms with van der Waals surface area (Å²) in [5, 5.41) is 5.00. The van der Waals surface area contributed by atoms with Crippen LogP contribution in [-0.2, 0) is 9.53 Å². The summed E-state index contributed by atoms with van der Waals surface area (Å²) in [6.07, 6.45) is 0. The molecule has 0 spiro atoms. The third-order valence-corrected chi connectivity index (χ3v) is 6.74. The lowest BCUT2D eigenvalue weighted by Gasteiger charge is -2.28. The maximum absolute atomic E-state index is 13.2. The van der Waals surface area contributed by atoms with Crippen molar-refractivity contribution in [3.63, 3.8) is 0 Å². The van der Waals surface area contributed by atoms with Crippen molar-refractivity contribution in [2.45, 2.75) is 11.4 Å². The lowest BCUT2D eigenvalue weighted by Crippen LogP contribution is -2.48. The van der Waals surface area contributed by atoms with Crippen molar-refractivity contribution in [1.29, 1.82) is 0 Å². The zero-order valence-electron chi connectivity index (χ0n) is 14.2. The Morgan fingerprint density at radius 2 is 2.12 bits per heavy atom. The van der Waals surface area contributed by atoms with E-state index in [1.807, 2.05) is 17.5 Å². The van der Waals surface area contributed by atoms with Crippen molar-refractivity contribution in [2.24, 2.45) is 0 Å². The highest BCUT2D eigenvalue weighted by Gasteiger charge is 2.43. The third-order valence-electron chi connectivity index (χ3n) is 4.03. The van der Waals surface area contributed by atoms with Crippen LogP contribution in [0.4, 0.5) is 0 Å². The maximum atomic E-state index is 13.2. The number of benzene rings is 1. The molecule has 1 fully saturated rings. The number of ether oxygens (including phenoxy) is 1. The summed E-state index contributed by atoms with van der Waals surface area (Å²) in [6, 6.07) is 10.3. The molecule has 2 atom stereocenters. The van der Waals surface area contributed by atoms with Crippen molar-refractivity contribution in [1.82, 2.24) is 10.2 Å². The first-order valence-corrected chi connectivity index (χ1v) is 10.4. The average molecular weight is 411 g/mol. The molecule has 2 aromatic rings. The van der Waals surface area contributed by atoms with E-state index in [-0.39, 0.29) is 17.2 Å². The molecule has 1 aromatic carbocycles. The van der Waals surface area contributed by atoms with Crippen molar-refractivity contribution >= 4 is 46.5 Å². The summed E-state index contributed by atoms with van der Waals surface area (Å²) in [7, 11) is 1.58. The van der Waals surface area contributed by atoms with Crippen LogP contribution >= 0.6 is 34.7 Å². The number of hydrogen-bond donors (Lipinski definition) is 1. The SMILES string of the molecule is COCCNC(=O)C1CSC(c2cccs2)N1C(=O)c1ccccc1Cl. The van der Waals surface area contributed by atoms with Crippen LogP contribution in [0.5, 0.6) is 0 Å². The summed E-state index contributed by atoms with van der Waals surface area (Å²) in [6.45, 7) is 0.840. The third kappa shape index (κ3) is 4.06. The molecule has 8 heteroatoms. The number of thiophene rings is 1. The van der Waals surface area contributed by atoms with Crippen LogP contribution in [0.1, 0.15) is 20.6 Å². The minimum Gasteiger partial charge on any atom is -0.383 e. The predicted molar refractivity (Wildman–Crippen MR) is 106 cm³/mol. The van der Waals surface area contributed by atoms with Gasteiger partial charge >= 0.3 is 0 Å². The maximum Gasteiger partial charge on any atom is 0.257 e. The van der Waals surface area contributed by atoms with Gasteiger partial charge < -0.3 is 15.0 Å². The highest BCUT2D eigenvalue weighted by atomic mass is 35.5. The molecule has 0 bridgehead atoms. The summed E-state index contributed by atoms with van der Waals surface area (Å²) in [4.78, 5) is 28.6. The van der Waals surface area contributed by atoms with Gasteiger partial charge in [0.25, 0.3) is 5.91 Å². The highest BCUT2D eigenvalue weighted by molar-refractivity contribution is 7.99. The second-order valence-corrected chi connectivity index (χ2v) is 8.19. The summed E-state index contributed by atoms with van der Waals surface area (Å²) in [5.41, 5.74) is 0.410. The Morgan fingerprint density at radius 1 is 1.31 bits per heavy atom. The van der Waals surface area contributed by atoms with E-state index < -0.39 is 6.04 Å². The molecule has 1 aliphatic rings. The first kappa shape index (κ1) is 19.2. The van der Waals surface area contributed by atoms with Gasteiger partial charge in [-0.25, -0.2) is 0 Å². The Labute approximate surface area is 165 Å². The molecule has 2 heterocycles. The molecule has 1 N–H and O–H groups in total. The van der Waals surface area contributed by atoms with E-state index >= 15 is 0 Å². The quantitative estimate of drug-likeness (QED) is 0.741. The Morgan fingerprint density at radius 3 is 2.81 bits per heavy atom. The van der Waals surface area contributed by atoms with Gasteiger partial charge in [-0.3, -0.25) is 9.59 Å². The Kier molecular flexibility index (Phi) is 6.58. The fraction of sp³-hybridized carbons (Fsp3) is 0.333. The van der Waals surface area contributed by atoms with E-state index in [1.165, 1.54) is 0 Å². The molecular formula is C18H19ClN2O3S2. The minimum atomic E-state index is -0.548. The molecule has 1 aliphatic heterocycles. The van der Waals surface area contributed by atoms with Crippen LogP contribution in [0.3, 0.4) is 0 Å². The van der Waals surface area contributed by atoms with E-state index in [0.717, 1.165) is 4.88 Å². The van der Waals surface area contributed by atoms with Crippen molar-refractivity contribution in [2.75, 3.05) is 26.0 Å². The van der Waals surface area contributed by atoms with Gasteiger partial charge in [0.15, 0.2) is 0 Å². The van der Waals surface area contributed by atoms with Gasteiger partial charge in [-0.15, -0.1) is 23.1 Å². The molecule has 0 aliphatic carbocycles. The van der Waals surface area contributed by atoms with Crippen LogP contribution in [0.2, 0.25) is 5.02 Å². The zero-order chi connectivity index (χ0) is 18.5. The molecule has 2 amide bonds. The number of methoxy groups -OCH3 is 1. The average Bonchev–Trinajstić information content (AvgIpc) is 3.31. The van der Waals surface area contributed by atoms with Gasteiger partial charge in [-0.1, -0.05) is 29.8 Å². The molecule has 26 heavy (non-hydrogen) atoms. The number of halogens is 1. The van der Waals surface area contributed by atoms with Gasteiger partial charge in [0.1, 0.15) is 11.4 Å². The van der Waals surface area contributed by atoms with Crippen LogP contribution in [-0.4, -0.2) is 48.8 Å². The Balaban J connectivity index is 1.88. The first-order chi connectivity index (χ1) is 12.6. The van der Waals surface area contributed by atoms with Crippen molar-refractivity contribution in [3.8, 4) is 0 Å². The minimum absolute atomic E-state index is 0.172. The zero-order valence-corrected chi connectivity index (χ0v) is 16.6. The van der Waals surface area contributed by atoms with Gasteiger partial charge in [0, 0.05) is 24.3 Å². The van der Waals surface area contributed by atoms with Crippen LogP contribution in [0.25, 0.3) is 0 Å². The largest absolute Gasteiger partial charge is 0.383 e. The molecule has 1 aromatic heterocycles. The summed E-state index contributed by atoms with van der Waals surface area (Å²) in [5.74, 6) is 0.136. The standard InChI is InChI=1S/C18H19ClN2O3S2/c1-24-9-8-20-16(22)14-11-26-18(15-7-4-10-25-15)21(14)17(23)12-5-2-3-6-13(12)19/h2-7,10,14,18H,8-9,11H2,1H3,(H,20,22). The molecule has 1 saturated heterocycles. The molecule has 5 nitrogen and oxygen atoms in total. The van der Waals surface area contributed by atoms with Gasteiger partial charge in [-0.2, -0.15) is 0 Å². The second kappa shape index (κ2) is 8.90. The van der Waals surface area contributed by atoms with Gasteiger partial charge in [0.05, 0.1) is 17.2 Å². The first-order valence-electron chi connectivity index (χ1n) is 8.12. The normalized spacial score (nSPS) is 19.5. The van der Waals surface area contributed by atoms with Gasteiger partial charge in [0.2, 0.25) is 5.91 Å². The number of thioether (sulfide) groups is 1. The number of carbonyl (C=O) groups excluding carboxylic acids is 2. The smallest absolute Gasteiger partial charge is 0.257 e. The molecule has 0 saturated carbocycles. The number of hydrogen-bond acceptors (Lipinski definition) is 5. The number of rotatable bonds is 6. The van der Waals surface area contributed by atoms with E-state index in [4.69, 9.17) is 16.3 Å². The number of nitrogens with zero attached hydrogens (tertiary/aromatic N) is 1. The van der Waals surface area contributed by atoms with Crippen LogP contribution in [0.15, 0.2) is 41.8 Å².